The first-order valence-electron chi connectivity index (χ1n) is 8.46. The Hall–Kier alpha value is -2.50. The zero-order chi connectivity index (χ0) is 18.1. The van der Waals surface area contributed by atoms with E-state index in [1.807, 2.05) is 4.90 Å². The van der Waals surface area contributed by atoms with Crippen LogP contribution in [0, 0.1) is 12.7 Å². The number of carbonyl (C=O) groups excluding carboxylic acids is 2. The highest BCUT2D eigenvalue weighted by atomic mass is 19.1. The minimum atomic E-state index is -0.338. The van der Waals surface area contributed by atoms with Crippen molar-refractivity contribution >= 4 is 22.7 Å². The van der Waals surface area contributed by atoms with Gasteiger partial charge >= 0.3 is 0 Å². The first-order chi connectivity index (χ1) is 11.9. The molecule has 0 N–H and O–H groups in total. The van der Waals surface area contributed by atoms with E-state index in [4.69, 9.17) is 0 Å². The van der Waals surface area contributed by atoms with Crippen LogP contribution in [0.4, 0.5) is 4.39 Å². The van der Waals surface area contributed by atoms with E-state index in [9.17, 15) is 14.0 Å². The molecule has 1 aromatic heterocycles. The molecular weight excluding hydrogens is 321 g/mol. The van der Waals surface area contributed by atoms with Crippen molar-refractivity contribution in [3.8, 4) is 0 Å². The van der Waals surface area contributed by atoms with E-state index in [1.165, 1.54) is 12.1 Å². The molecule has 0 aliphatic carbocycles. The highest BCUT2D eigenvalue weighted by molar-refractivity contribution is 5.98. The third kappa shape index (κ3) is 3.48. The molecule has 0 saturated carbocycles. The molecule has 1 aliphatic rings. The van der Waals surface area contributed by atoms with Gasteiger partial charge in [0.25, 0.3) is 5.91 Å². The lowest BCUT2D eigenvalue weighted by atomic mass is 10.0. The van der Waals surface area contributed by atoms with Gasteiger partial charge in [0, 0.05) is 44.6 Å². The summed E-state index contributed by atoms with van der Waals surface area (Å²) in [5, 5.41) is 0.751. The number of carbonyl (C=O) groups is 2. The van der Waals surface area contributed by atoms with Crippen molar-refractivity contribution in [1.29, 1.82) is 0 Å². The van der Waals surface area contributed by atoms with E-state index < -0.39 is 0 Å². The van der Waals surface area contributed by atoms with E-state index >= 15 is 0 Å². The fourth-order valence-electron chi connectivity index (χ4n) is 3.34. The molecular formula is C19H22FN3O2. The van der Waals surface area contributed by atoms with Gasteiger partial charge in [-0.15, -0.1) is 0 Å². The van der Waals surface area contributed by atoms with Crippen LogP contribution in [0.2, 0.25) is 0 Å². The Morgan fingerprint density at radius 1 is 1.24 bits per heavy atom. The van der Waals surface area contributed by atoms with Gasteiger partial charge in [-0.25, -0.2) is 4.39 Å². The van der Waals surface area contributed by atoms with Gasteiger partial charge in [0.15, 0.2) is 0 Å². The maximum Gasteiger partial charge on any atom is 0.255 e. The van der Waals surface area contributed by atoms with E-state index in [-0.39, 0.29) is 23.7 Å². The Morgan fingerprint density at radius 2 is 1.92 bits per heavy atom. The number of piperidine rings is 1. The van der Waals surface area contributed by atoms with Crippen LogP contribution in [0.3, 0.4) is 0 Å². The second-order valence-electron chi connectivity index (χ2n) is 6.61. The molecule has 1 aliphatic heterocycles. The topological polar surface area (TPSA) is 53.5 Å². The molecule has 2 heterocycles. The molecule has 0 unspecified atom stereocenters. The number of hydrogen-bond donors (Lipinski definition) is 0. The molecule has 5 nitrogen and oxygen atoms in total. The molecule has 0 spiro atoms. The summed E-state index contributed by atoms with van der Waals surface area (Å²) >= 11 is 0. The van der Waals surface area contributed by atoms with Crippen molar-refractivity contribution in [3.05, 3.63) is 41.3 Å². The highest BCUT2D eigenvalue weighted by Gasteiger charge is 2.27. The third-order valence-corrected chi connectivity index (χ3v) is 5.00. The molecule has 6 heteroatoms. The Balaban J connectivity index is 1.78. The summed E-state index contributed by atoms with van der Waals surface area (Å²) in [5.74, 6) is -0.345. The summed E-state index contributed by atoms with van der Waals surface area (Å²) in [6.07, 6.45) is 1.54. The fourth-order valence-corrected chi connectivity index (χ4v) is 3.34. The number of aromatic nitrogens is 1. The van der Waals surface area contributed by atoms with E-state index in [0.29, 0.717) is 29.9 Å². The standard InChI is InChI=1S/C19H22FN3O2/c1-12-17(10-14-4-5-15(20)11-18(14)21-12)19(25)23-8-6-16(7-9-23)22(3)13(2)24/h4-5,10-11,16H,6-9H2,1-3H3. The zero-order valence-corrected chi connectivity index (χ0v) is 14.8. The van der Waals surface area contributed by atoms with E-state index in [2.05, 4.69) is 4.98 Å². The van der Waals surface area contributed by atoms with Gasteiger partial charge < -0.3 is 9.80 Å². The van der Waals surface area contributed by atoms with Crippen molar-refractivity contribution in [2.45, 2.75) is 32.7 Å². The number of benzene rings is 1. The van der Waals surface area contributed by atoms with Gasteiger partial charge in [-0.05, 0) is 38.0 Å². The molecule has 3 rings (SSSR count). The maximum absolute atomic E-state index is 13.3. The monoisotopic (exact) mass is 343 g/mol. The molecule has 25 heavy (non-hydrogen) atoms. The van der Waals surface area contributed by atoms with Crippen LogP contribution in [-0.4, -0.2) is 52.8 Å². The SMILES string of the molecule is CC(=O)N(C)C1CCN(C(=O)c2cc3ccc(F)cc3nc2C)CC1. The molecule has 132 valence electrons. The summed E-state index contributed by atoms with van der Waals surface area (Å²) in [6.45, 7) is 4.56. The molecule has 0 radical (unpaired) electrons. The minimum absolute atomic E-state index is 0.0478. The lowest BCUT2D eigenvalue weighted by molar-refractivity contribution is -0.130. The minimum Gasteiger partial charge on any atom is -0.343 e. The number of aryl methyl sites for hydroxylation is 1. The lowest BCUT2D eigenvalue weighted by Gasteiger charge is -2.36. The average Bonchev–Trinajstić information content (AvgIpc) is 2.60. The van der Waals surface area contributed by atoms with Gasteiger partial charge in [0.1, 0.15) is 5.82 Å². The summed E-state index contributed by atoms with van der Waals surface area (Å²) in [5.41, 5.74) is 1.71. The Labute approximate surface area is 146 Å². The fraction of sp³-hybridized carbons (Fsp3) is 0.421. The largest absolute Gasteiger partial charge is 0.343 e. The van der Waals surface area contributed by atoms with Crippen molar-refractivity contribution in [1.82, 2.24) is 14.8 Å². The normalized spacial score (nSPS) is 15.4. The number of likely N-dealkylation sites (tertiary alicyclic amines) is 1. The number of nitrogens with zero attached hydrogens (tertiary/aromatic N) is 3. The average molecular weight is 343 g/mol. The molecule has 0 atom stereocenters. The summed E-state index contributed by atoms with van der Waals surface area (Å²) < 4.78 is 13.3. The van der Waals surface area contributed by atoms with Crippen LogP contribution in [0.1, 0.15) is 35.8 Å². The van der Waals surface area contributed by atoms with E-state index in [0.717, 1.165) is 18.2 Å². The number of fused-ring (bicyclic) bond motifs is 1. The molecule has 2 amide bonds. The van der Waals surface area contributed by atoms with Gasteiger partial charge in [-0.2, -0.15) is 0 Å². The van der Waals surface area contributed by atoms with Crippen LogP contribution in [0.15, 0.2) is 24.3 Å². The first-order valence-corrected chi connectivity index (χ1v) is 8.46. The van der Waals surface area contributed by atoms with Gasteiger partial charge in [-0.1, -0.05) is 0 Å². The third-order valence-electron chi connectivity index (χ3n) is 5.00. The van der Waals surface area contributed by atoms with E-state index in [1.54, 1.807) is 37.9 Å². The number of rotatable bonds is 2. The predicted octanol–water partition coefficient (Wildman–Crippen LogP) is 2.77. The zero-order valence-electron chi connectivity index (χ0n) is 14.8. The number of pyridine rings is 1. The Bertz CT molecular complexity index is 829. The maximum atomic E-state index is 13.3. The smallest absolute Gasteiger partial charge is 0.255 e. The number of halogens is 1. The van der Waals surface area contributed by atoms with Crippen LogP contribution >= 0.6 is 0 Å². The predicted molar refractivity (Wildman–Crippen MR) is 93.8 cm³/mol. The number of hydrogen-bond acceptors (Lipinski definition) is 3. The van der Waals surface area contributed by atoms with Crippen molar-refractivity contribution in [2.75, 3.05) is 20.1 Å². The van der Waals surface area contributed by atoms with Crippen molar-refractivity contribution in [3.63, 3.8) is 0 Å². The molecule has 2 aromatic rings. The molecule has 0 bridgehead atoms. The molecule has 1 aromatic carbocycles. The van der Waals surface area contributed by atoms with Crippen molar-refractivity contribution < 1.29 is 14.0 Å². The second-order valence-corrected chi connectivity index (χ2v) is 6.61. The van der Waals surface area contributed by atoms with Crippen LogP contribution in [0.25, 0.3) is 10.9 Å². The quantitative estimate of drug-likeness (QED) is 0.842. The van der Waals surface area contributed by atoms with Crippen molar-refractivity contribution in [2.24, 2.45) is 0 Å². The van der Waals surface area contributed by atoms with Crippen LogP contribution in [-0.2, 0) is 4.79 Å². The second kappa shape index (κ2) is 6.78. The van der Waals surface area contributed by atoms with Gasteiger partial charge in [-0.3, -0.25) is 14.6 Å². The molecule has 1 fully saturated rings. The Kier molecular flexibility index (Phi) is 4.70. The van der Waals surface area contributed by atoms with Gasteiger partial charge in [0.05, 0.1) is 16.8 Å². The van der Waals surface area contributed by atoms with Crippen LogP contribution < -0.4 is 0 Å². The lowest BCUT2D eigenvalue weighted by Crippen LogP contribution is -2.46. The summed E-state index contributed by atoms with van der Waals surface area (Å²) in [6, 6.07) is 6.35. The highest BCUT2D eigenvalue weighted by Crippen LogP contribution is 2.22. The van der Waals surface area contributed by atoms with Crippen LogP contribution in [0.5, 0.6) is 0 Å². The number of amides is 2. The Morgan fingerprint density at radius 3 is 2.56 bits per heavy atom. The molecule has 1 saturated heterocycles. The summed E-state index contributed by atoms with van der Waals surface area (Å²) in [7, 11) is 1.81. The first kappa shape index (κ1) is 17.3. The van der Waals surface area contributed by atoms with Gasteiger partial charge in [0.2, 0.25) is 5.91 Å². The summed E-state index contributed by atoms with van der Waals surface area (Å²) in [4.78, 5) is 32.3.